The summed E-state index contributed by atoms with van der Waals surface area (Å²) in [7, 11) is 5.19. The molecule has 0 spiro atoms. The molecule has 3 aromatic rings. The Morgan fingerprint density at radius 2 is 1.94 bits per heavy atom. The molecule has 0 bridgehead atoms. The van der Waals surface area contributed by atoms with Crippen molar-refractivity contribution in [3.8, 4) is 17.2 Å². The van der Waals surface area contributed by atoms with Crippen molar-refractivity contribution < 1.29 is 33.6 Å². The molecule has 5 rings (SSSR count). The van der Waals surface area contributed by atoms with Crippen molar-refractivity contribution in [2.24, 2.45) is 5.84 Å². The maximum absolute atomic E-state index is 12.3. The van der Waals surface area contributed by atoms with Crippen LogP contribution in [0.3, 0.4) is 0 Å². The molecule has 2 heterocycles. The zero-order chi connectivity index (χ0) is 37.4. The summed E-state index contributed by atoms with van der Waals surface area (Å²) in [4.78, 5) is 27.5. The fourth-order valence-electron chi connectivity index (χ4n) is 6.74. The van der Waals surface area contributed by atoms with Crippen LogP contribution >= 0.6 is 11.9 Å². The lowest BCUT2D eigenvalue weighted by Gasteiger charge is -2.25. The quantitative estimate of drug-likeness (QED) is 0.0539. The molecule has 52 heavy (non-hydrogen) atoms. The van der Waals surface area contributed by atoms with Gasteiger partial charge in [0.2, 0.25) is 5.91 Å². The van der Waals surface area contributed by atoms with Crippen LogP contribution in [0.5, 0.6) is 17.2 Å². The highest BCUT2D eigenvalue weighted by Gasteiger charge is 2.28. The molecule has 14 heteroatoms. The fourth-order valence-corrected chi connectivity index (χ4v) is 7.84. The van der Waals surface area contributed by atoms with Gasteiger partial charge in [-0.15, -0.1) is 0 Å². The van der Waals surface area contributed by atoms with Crippen LogP contribution in [-0.4, -0.2) is 99.0 Å². The van der Waals surface area contributed by atoms with Gasteiger partial charge in [-0.25, -0.2) is 10.1 Å². The number of rotatable bonds is 16. The Hall–Kier alpha value is -4.21. The van der Waals surface area contributed by atoms with E-state index in [2.05, 4.69) is 27.5 Å². The smallest absolute Gasteiger partial charge is 0.304 e. The van der Waals surface area contributed by atoms with Crippen molar-refractivity contribution in [1.82, 2.24) is 14.5 Å². The molecule has 0 aliphatic carbocycles. The van der Waals surface area contributed by atoms with Gasteiger partial charge < -0.3 is 40.1 Å². The molecule has 1 fully saturated rings. The van der Waals surface area contributed by atoms with Crippen LogP contribution in [-0.2, 0) is 20.9 Å². The molecule has 3 atom stereocenters. The third kappa shape index (κ3) is 10.0. The molecule has 3 unspecified atom stereocenters. The molecule has 2 aliphatic rings. The predicted octanol–water partition coefficient (Wildman–Crippen LogP) is 4.40. The number of aliphatic carboxylic acids is 1. The highest BCUT2D eigenvalue weighted by molar-refractivity contribution is 7.97. The summed E-state index contributed by atoms with van der Waals surface area (Å²) in [5, 5.41) is 14.3. The Morgan fingerprint density at radius 1 is 1.13 bits per heavy atom. The monoisotopic (exact) mass is 736 g/mol. The number of carboxylic acids is 1. The highest BCUT2D eigenvalue weighted by Crippen LogP contribution is 2.41. The lowest BCUT2D eigenvalue weighted by molar-refractivity contribution is -0.137. The number of hydrogen-bond acceptors (Lipinski definition) is 12. The topological polar surface area (TPSA) is 165 Å². The molecular formula is C38H52N6O7S. The van der Waals surface area contributed by atoms with E-state index in [0.717, 1.165) is 52.3 Å². The Morgan fingerprint density at radius 3 is 2.65 bits per heavy atom. The average Bonchev–Trinajstić information content (AvgIpc) is 3.46. The van der Waals surface area contributed by atoms with Gasteiger partial charge in [0.05, 0.1) is 43.4 Å². The number of ether oxygens (including phenoxy) is 4. The number of nitrogen functional groups attached to an aromatic ring is 1. The van der Waals surface area contributed by atoms with Gasteiger partial charge in [-0.1, -0.05) is 18.2 Å². The standard InChI is InChI=1S/C38H52N6O7S/c1-24-8-9-26(30(21-36(45)46)27-18-31(39)37(43(4)40)34(19-27)48-5)17-28(24)23-44-22-25(2)51-33-20-29(10-11-35(33)52-44)50-16-15-49-14-12-41-38(47)32-7-6-13-42(32)3/h8-11,17-20,25,30,32H,6-7,12-16,21-23,39-40H2,1-5H3,(H,41,47)(H,45,46). The minimum atomic E-state index is -0.917. The number of carbonyl (C=O) groups excluding carboxylic acids is 1. The van der Waals surface area contributed by atoms with Crippen LogP contribution in [0.4, 0.5) is 11.4 Å². The first kappa shape index (κ1) is 39.0. The van der Waals surface area contributed by atoms with E-state index >= 15 is 0 Å². The number of amides is 1. The molecule has 3 aromatic carbocycles. The summed E-state index contributed by atoms with van der Waals surface area (Å²) in [5.41, 5.74) is 11.1. The van der Waals surface area contributed by atoms with E-state index in [-0.39, 0.29) is 24.5 Å². The van der Waals surface area contributed by atoms with Gasteiger partial charge in [-0.05, 0) is 98.7 Å². The van der Waals surface area contributed by atoms with E-state index in [1.54, 1.807) is 25.1 Å². The second kappa shape index (κ2) is 18.0. The van der Waals surface area contributed by atoms with Crippen molar-refractivity contribution in [2.45, 2.75) is 62.6 Å². The number of hydrogen-bond donors (Lipinski definition) is 4. The number of benzene rings is 3. The number of likely N-dealkylation sites (tertiary alicyclic amines) is 1. The summed E-state index contributed by atoms with van der Waals surface area (Å²) in [5.74, 6) is 6.60. The second-order valence-electron chi connectivity index (χ2n) is 13.4. The summed E-state index contributed by atoms with van der Waals surface area (Å²) in [6, 6.07) is 15.5. The van der Waals surface area contributed by atoms with Crippen LogP contribution < -0.4 is 36.1 Å². The normalized spacial score (nSPS) is 18.2. The van der Waals surface area contributed by atoms with Gasteiger partial charge in [0.25, 0.3) is 0 Å². The average molecular weight is 737 g/mol. The largest absolute Gasteiger partial charge is 0.494 e. The van der Waals surface area contributed by atoms with Crippen molar-refractivity contribution in [2.75, 3.05) is 71.4 Å². The summed E-state index contributed by atoms with van der Waals surface area (Å²) >= 11 is 1.62. The number of fused-ring (bicyclic) bond motifs is 1. The molecule has 0 radical (unpaired) electrons. The fraction of sp³-hybridized carbons (Fsp3) is 0.474. The van der Waals surface area contributed by atoms with Gasteiger partial charge >= 0.3 is 5.97 Å². The molecule has 13 nitrogen and oxygen atoms in total. The summed E-state index contributed by atoms with van der Waals surface area (Å²) in [6.07, 6.45) is 1.74. The number of likely N-dealkylation sites (N-methyl/N-ethyl adjacent to an activating group) is 1. The van der Waals surface area contributed by atoms with E-state index in [4.69, 9.17) is 30.5 Å². The number of aryl methyl sites for hydroxylation is 1. The van der Waals surface area contributed by atoms with Crippen LogP contribution in [0.1, 0.15) is 54.4 Å². The highest BCUT2D eigenvalue weighted by atomic mass is 32.2. The number of methoxy groups -OCH3 is 1. The van der Waals surface area contributed by atoms with Gasteiger partial charge in [0.1, 0.15) is 35.6 Å². The first-order valence-electron chi connectivity index (χ1n) is 17.6. The Labute approximate surface area is 310 Å². The summed E-state index contributed by atoms with van der Waals surface area (Å²) < 4.78 is 25.8. The van der Waals surface area contributed by atoms with E-state index in [0.29, 0.717) is 62.3 Å². The van der Waals surface area contributed by atoms with Crippen LogP contribution in [0.2, 0.25) is 0 Å². The maximum Gasteiger partial charge on any atom is 0.304 e. The van der Waals surface area contributed by atoms with Gasteiger partial charge in [0.15, 0.2) is 0 Å². The van der Waals surface area contributed by atoms with Crippen molar-refractivity contribution >= 4 is 35.2 Å². The van der Waals surface area contributed by atoms with Gasteiger partial charge in [-0.2, -0.15) is 0 Å². The SMILES string of the molecule is COc1cc(C(CC(=O)O)c2ccc(C)c(CN3CC(C)Oc4cc(OCCOCCNC(=O)C5CCCN5C)ccc4S3)c2)cc(N)c1N(C)N. The van der Waals surface area contributed by atoms with Crippen LogP contribution in [0.15, 0.2) is 53.4 Å². The third-order valence-corrected chi connectivity index (χ3v) is 10.5. The third-order valence-electron chi connectivity index (χ3n) is 9.40. The van der Waals surface area contributed by atoms with Crippen molar-refractivity contribution in [3.05, 3.63) is 70.8 Å². The zero-order valence-corrected chi connectivity index (χ0v) is 31.5. The molecule has 2 aliphatic heterocycles. The second-order valence-corrected chi connectivity index (χ2v) is 14.6. The Balaban J connectivity index is 1.20. The number of anilines is 2. The molecule has 0 aromatic heterocycles. The molecule has 1 amide bonds. The van der Waals surface area contributed by atoms with Gasteiger partial charge in [0, 0.05) is 38.7 Å². The maximum atomic E-state index is 12.3. The number of nitrogens with two attached hydrogens (primary N) is 2. The molecule has 6 N–H and O–H groups in total. The summed E-state index contributed by atoms with van der Waals surface area (Å²) in [6.45, 7) is 8.02. The van der Waals surface area contributed by atoms with E-state index < -0.39 is 11.9 Å². The van der Waals surface area contributed by atoms with Crippen molar-refractivity contribution in [3.63, 3.8) is 0 Å². The van der Waals surface area contributed by atoms with E-state index in [1.165, 1.54) is 12.1 Å². The first-order valence-corrected chi connectivity index (χ1v) is 18.4. The molecule has 0 saturated carbocycles. The molecule has 282 valence electrons. The lowest BCUT2D eigenvalue weighted by atomic mass is 9.86. The number of carboxylic acid groups (broad SMARTS) is 1. The van der Waals surface area contributed by atoms with E-state index in [1.807, 2.05) is 50.4 Å². The molecular weight excluding hydrogens is 685 g/mol. The van der Waals surface area contributed by atoms with Crippen molar-refractivity contribution in [1.29, 1.82) is 0 Å². The number of nitrogens with zero attached hydrogens (tertiary/aromatic N) is 3. The van der Waals surface area contributed by atoms with Crippen LogP contribution in [0.25, 0.3) is 0 Å². The Kier molecular flexibility index (Phi) is 13.5. The first-order chi connectivity index (χ1) is 24.9. The number of nitrogens with one attached hydrogen (secondary N) is 1. The van der Waals surface area contributed by atoms with E-state index in [9.17, 15) is 14.7 Å². The molecule has 1 saturated heterocycles. The predicted molar refractivity (Wildman–Crippen MR) is 203 cm³/mol. The number of carbonyl (C=O) groups is 2. The van der Waals surface area contributed by atoms with Gasteiger partial charge in [-0.3, -0.25) is 14.5 Å². The number of hydrazine groups is 1. The zero-order valence-electron chi connectivity index (χ0n) is 30.7. The minimum absolute atomic E-state index is 0.0366. The van der Waals surface area contributed by atoms with Crippen LogP contribution in [0, 0.1) is 6.92 Å². The Bertz CT molecular complexity index is 1710. The minimum Gasteiger partial charge on any atom is -0.494 e. The lowest BCUT2D eigenvalue weighted by Crippen LogP contribution is -2.42.